The number of carbonyl (C=O) groups excluding carboxylic acids is 1. The molecule has 2 saturated heterocycles. The summed E-state index contributed by atoms with van der Waals surface area (Å²) in [5.74, 6) is 1.32. The minimum Gasteiger partial charge on any atom is -0.506 e. The Labute approximate surface area is 175 Å². The highest BCUT2D eigenvalue weighted by atomic mass is 19.4. The Hall–Kier alpha value is -1.76. The molecule has 166 valence electrons. The molecule has 2 N–H and O–H groups in total. The summed E-state index contributed by atoms with van der Waals surface area (Å²) < 4.78 is 31.2. The zero-order chi connectivity index (χ0) is 21.4. The van der Waals surface area contributed by atoms with Gasteiger partial charge in [0.2, 0.25) is 6.29 Å². The molecule has 3 atom stereocenters. The van der Waals surface area contributed by atoms with Crippen LogP contribution in [0.4, 0.5) is 18.9 Å². The molecular formula is C23H31F3N2O2. The van der Waals surface area contributed by atoms with Crippen molar-refractivity contribution in [3.63, 3.8) is 0 Å². The lowest BCUT2D eigenvalue weighted by molar-refractivity contribution is -0.156. The number of aldehydes is 1. The van der Waals surface area contributed by atoms with Crippen LogP contribution in [0.5, 0.6) is 5.75 Å². The van der Waals surface area contributed by atoms with Gasteiger partial charge in [0.1, 0.15) is 5.75 Å². The van der Waals surface area contributed by atoms with E-state index in [4.69, 9.17) is 4.79 Å². The Morgan fingerprint density at radius 2 is 1.83 bits per heavy atom. The van der Waals surface area contributed by atoms with E-state index < -0.39 is 12.5 Å². The van der Waals surface area contributed by atoms with Crippen LogP contribution in [0.2, 0.25) is 0 Å². The normalized spacial score (nSPS) is 30.4. The van der Waals surface area contributed by atoms with Crippen LogP contribution >= 0.6 is 0 Å². The molecule has 3 fully saturated rings. The monoisotopic (exact) mass is 424 g/mol. The molecular weight excluding hydrogens is 393 g/mol. The van der Waals surface area contributed by atoms with E-state index in [0.29, 0.717) is 17.2 Å². The molecule has 1 aromatic carbocycles. The Kier molecular flexibility index (Phi) is 6.02. The maximum atomic E-state index is 10.8. The van der Waals surface area contributed by atoms with Crippen molar-refractivity contribution in [2.45, 2.75) is 75.4 Å². The fourth-order valence-electron chi connectivity index (χ4n) is 6.35. The summed E-state index contributed by atoms with van der Waals surface area (Å²) in [5.41, 5.74) is 4.46. The first-order chi connectivity index (χ1) is 14.3. The van der Waals surface area contributed by atoms with Crippen LogP contribution in [0.3, 0.4) is 0 Å². The fraction of sp³-hybridized carbons (Fsp3) is 0.696. The zero-order valence-corrected chi connectivity index (χ0v) is 17.3. The van der Waals surface area contributed by atoms with Gasteiger partial charge in [0, 0.05) is 24.5 Å². The molecule has 4 aliphatic rings. The largest absolute Gasteiger partial charge is 0.506 e. The summed E-state index contributed by atoms with van der Waals surface area (Å²) in [6.07, 6.45) is 5.99. The Morgan fingerprint density at radius 3 is 2.53 bits per heavy atom. The predicted octanol–water partition coefficient (Wildman–Crippen LogP) is 4.48. The summed E-state index contributed by atoms with van der Waals surface area (Å²) in [7, 11) is 0. The Morgan fingerprint density at radius 1 is 1.10 bits per heavy atom. The van der Waals surface area contributed by atoms with Crippen LogP contribution in [0, 0.1) is 5.92 Å². The highest BCUT2D eigenvalue weighted by molar-refractivity contribution is 5.64. The van der Waals surface area contributed by atoms with Gasteiger partial charge in [-0.3, -0.25) is 4.79 Å². The summed E-state index contributed by atoms with van der Waals surface area (Å²) >= 11 is 0. The van der Waals surface area contributed by atoms with Crippen molar-refractivity contribution in [3.8, 4) is 5.75 Å². The number of halogens is 3. The number of anilines is 1. The molecule has 0 amide bonds. The zero-order valence-electron chi connectivity index (χ0n) is 17.3. The highest BCUT2D eigenvalue weighted by Gasteiger charge is 2.51. The number of nitrogens with one attached hydrogen (secondary N) is 1. The third-order valence-electron chi connectivity index (χ3n) is 7.57. The second-order valence-corrected chi connectivity index (χ2v) is 9.23. The fourth-order valence-corrected chi connectivity index (χ4v) is 6.35. The molecule has 0 aromatic heterocycles. The first-order valence-electron chi connectivity index (χ1n) is 11.2. The number of carbonyl (C=O) groups is 1. The van der Waals surface area contributed by atoms with Gasteiger partial charge in [0.25, 0.3) is 0 Å². The van der Waals surface area contributed by atoms with Gasteiger partial charge in [0.05, 0.1) is 5.69 Å². The number of hydrogen-bond acceptors (Lipinski definition) is 4. The van der Waals surface area contributed by atoms with Crippen molar-refractivity contribution < 1.29 is 23.1 Å². The average molecular weight is 425 g/mol. The van der Waals surface area contributed by atoms with E-state index >= 15 is 0 Å². The first kappa shape index (κ1) is 21.5. The molecule has 0 spiro atoms. The quantitative estimate of drug-likeness (QED) is 0.653. The van der Waals surface area contributed by atoms with Crippen molar-refractivity contribution in [1.29, 1.82) is 0 Å². The van der Waals surface area contributed by atoms with E-state index in [-0.39, 0.29) is 0 Å². The Balaban J connectivity index is 0.000000322. The SMILES string of the molecule is O=CC(F)(F)F.Oc1cc2c(cc1N1CCCCC1)C[C@@H]1NCC[C@]23CCCC[C@H]13. The molecule has 4 nitrogen and oxygen atoms in total. The van der Waals surface area contributed by atoms with Crippen molar-refractivity contribution in [1.82, 2.24) is 5.32 Å². The summed E-state index contributed by atoms with van der Waals surface area (Å²) in [6.45, 7) is 3.35. The summed E-state index contributed by atoms with van der Waals surface area (Å²) in [5, 5.41) is 14.7. The second-order valence-electron chi connectivity index (χ2n) is 9.23. The molecule has 2 aliphatic carbocycles. The number of rotatable bonds is 1. The van der Waals surface area contributed by atoms with Gasteiger partial charge >= 0.3 is 6.18 Å². The number of phenols is 1. The number of piperidine rings is 2. The number of phenolic OH excluding ortho intramolecular Hbond substituents is 1. The van der Waals surface area contributed by atoms with E-state index in [1.54, 1.807) is 0 Å². The maximum absolute atomic E-state index is 10.8. The number of benzene rings is 1. The minimum absolute atomic E-state index is 0.347. The van der Waals surface area contributed by atoms with Gasteiger partial charge in [-0.2, -0.15) is 13.2 Å². The lowest BCUT2D eigenvalue weighted by Crippen LogP contribution is -2.59. The van der Waals surface area contributed by atoms with Crippen LogP contribution < -0.4 is 10.2 Å². The maximum Gasteiger partial charge on any atom is 0.446 e. The molecule has 1 saturated carbocycles. The van der Waals surface area contributed by atoms with E-state index in [0.717, 1.165) is 37.7 Å². The number of nitrogens with zero attached hydrogens (tertiary/aromatic N) is 1. The van der Waals surface area contributed by atoms with Gasteiger partial charge in [0.15, 0.2) is 0 Å². The molecule has 2 bridgehead atoms. The van der Waals surface area contributed by atoms with Crippen LogP contribution in [-0.2, 0) is 16.6 Å². The molecule has 2 heterocycles. The first-order valence-corrected chi connectivity index (χ1v) is 11.2. The minimum atomic E-state index is -4.64. The highest BCUT2D eigenvalue weighted by Crippen LogP contribution is 2.55. The van der Waals surface area contributed by atoms with Crippen LogP contribution in [-0.4, -0.2) is 43.2 Å². The van der Waals surface area contributed by atoms with Crippen LogP contribution in [0.25, 0.3) is 0 Å². The molecule has 0 radical (unpaired) electrons. The van der Waals surface area contributed by atoms with Gasteiger partial charge in [-0.15, -0.1) is 0 Å². The van der Waals surface area contributed by atoms with E-state index in [1.807, 2.05) is 0 Å². The number of hydrogen-bond donors (Lipinski definition) is 2. The van der Waals surface area contributed by atoms with E-state index in [2.05, 4.69) is 22.3 Å². The number of alkyl halides is 3. The molecule has 5 rings (SSSR count). The predicted molar refractivity (Wildman–Crippen MR) is 110 cm³/mol. The van der Waals surface area contributed by atoms with Crippen LogP contribution in [0.1, 0.15) is 62.5 Å². The molecule has 7 heteroatoms. The van der Waals surface area contributed by atoms with E-state index in [1.165, 1.54) is 62.5 Å². The lowest BCUT2D eigenvalue weighted by Gasteiger charge is -2.56. The topological polar surface area (TPSA) is 52.6 Å². The number of aromatic hydroxyl groups is 1. The van der Waals surface area contributed by atoms with Crippen LogP contribution in [0.15, 0.2) is 12.1 Å². The average Bonchev–Trinajstić information content (AvgIpc) is 2.74. The van der Waals surface area contributed by atoms with Crippen molar-refractivity contribution in [3.05, 3.63) is 23.3 Å². The molecule has 2 aliphatic heterocycles. The lowest BCUT2D eigenvalue weighted by atomic mass is 9.53. The third kappa shape index (κ3) is 4.05. The third-order valence-corrected chi connectivity index (χ3v) is 7.57. The van der Waals surface area contributed by atoms with E-state index in [9.17, 15) is 18.3 Å². The van der Waals surface area contributed by atoms with Gasteiger partial charge in [-0.05, 0) is 80.7 Å². The van der Waals surface area contributed by atoms with Crippen molar-refractivity contribution >= 4 is 12.0 Å². The Bertz CT molecular complexity index is 772. The van der Waals surface area contributed by atoms with Gasteiger partial charge in [-0.25, -0.2) is 0 Å². The van der Waals surface area contributed by atoms with Gasteiger partial charge in [-0.1, -0.05) is 12.8 Å². The molecule has 1 aromatic rings. The van der Waals surface area contributed by atoms with Gasteiger partial charge < -0.3 is 15.3 Å². The summed E-state index contributed by atoms with van der Waals surface area (Å²) in [6, 6.07) is 5.19. The molecule has 0 unspecified atom stereocenters. The standard InChI is InChI=1S/C21H30N2O.C2HF3O/c24-20-14-17-15(13-19(20)23-10-4-1-5-11-23)12-18-16-6-2-3-7-21(16,17)8-9-22-18;3-2(4,5)1-6/h13-14,16,18,22,24H,1-12H2;1H/t16-,18+,21+;/m1./s1. The number of fused-ring (bicyclic) bond motifs is 1. The second kappa shape index (κ2) is 8.40. The van der Waals surface area contributed by atoms with Crippen molar-refractivity contribution in [2.75, 3.05) is 24.5 Å². The summed E-state index contributed by atoms with van der Waals surface area (Å²) in [4.78, 5) is 11.1. The molecule has 30 heavy (non-hydrogen) atoms. The smallest absolute Gasteiger partial charge is 0.446 e. The van der Waals surface area contributed by atoms with Crippen molar-refractivity contribution in [2.24, 2.45) is 5.92 Å².